The zero-order chi connectivity index (χ0) is 19.9. The number of piperidine rings is 1. The molecule has 1 fully saturated rings. The van der Waals surface area contributed by atoms with Crippen LogP contribution < -0.4 is 10.1 Å². The first kappa shape index (κ1) is 19.8. The summed E-state index contributed by atoms with van der Waals surface area (Å²) >= 11 is 0. The highest BCUT2D eigenvalue weighted by Crippen LogP contribution is 2.20. The molecule has 0 unspecified atom stereocenters. The number of amides is 2. The Balaban J connectivity index is 1.41. The van der Waals surface area contributed by atoms with E-state index in [0.717, 1.165) is 17.7 Å². The number of benzene rings is 2. The fourth-order valence-electron chi connectivity index (χ4n) is 3.14. The molecule has 148 valence electrons. The van der Waals surface area contributed by atoms with Gasteiger partial charge in [0, 0.05) is 31.6 Å². The van der Waals surface area contributed by atoms with E-state index < -0.39 is 11.6 Å². The molecule has 0 radical (unpaired) electrons. The van der Waals surface area contributed by atoms with E-state index in [0.29, 0.717) is 38.5 Å². The molecule has 2 amide bonds. The van der Waals surface area contributed by atoms with Crippen LogP contribution in [-0.2, 0) is 16.1 Å². The van der Waals surface area contributed by atoms with E-state index in [1.54, 1.807) is 4.90 Å². The van der Waals surface area contributed by atoms with Crippen LogP contribution in [0.3, 0.4) is 0 Å². The Hall–Kier alpha value is -2.96. The number of ether oxygens (including phenoxy) is 1. The van der Waals surface area contributed by atoms with Crippen molar-refractivity contribution in [2.45, 2.75) is 19.4 Å². The van der Waals surface area contributed by atoms with Crippen molar-refractivity contribution in [2.75, 3.05) is 19.7 Å². The highest BCUT2D eigenvalue weighted by atomic mass is 19.1. The lowest BCUT2D eigenvalue weighted by Gasteiger charge is -2.31. The van der Waals surface area contributed by atoms with E-state index in [1.165, 1.54) is 0 Å². The molecule has 0 aliphatic carbocycles. The Morgan fingerprint density at radius 2 is 1.79 bits per heavy atom. The van der Waals surface area contributed by atoms with Gasteiger partial charge in [-0.2, -0.15) is 0 Å². The highest BCUT2D eigenvalue weighted by Gasteiger charge is 2.27. The first-order chi connectivity index (χ1) is 13.5. The summed E-state index contributed by atoms with van der Waals surface area (Å²) in [6.07, 6.45) is 1.13. The molecule has 7 heteroatoms. The molecule has 1 saturated heterocycles. The van der Waals surface area contributed by atoms with Gasteiger partial charge in [-0.25, -0.2) is 8.78 Å². The van der Waals surface area contributed by atoms with Gasteiger partial charge in [-0.3, -0.25) is 9.59 Å². The fourth-order valence-corrected chi connectivity index (χ4v) is 3.14. The topological polar surface area (TPSA) is 58.6 Å². The van der Waals surface area contributed by atoms with Crippen LogP contribution in [0.15, 0.2) is 48.5 Å². The van der Waals surface area contributed by atoms with Gasteiger partial charge in [-0.1, -0.05) is 30.3 Å². The number of hydrogen-bond donors (Lipinski definition) is 1. The van der Waals surface area contributed by atoms with E-state index in [-0.39, 0.29) is 30.1 Å². The summed E-state index contributed by atoms with van der Waals surface area (Å²) < 4.78 is 31.6. The average molecular weight is 388 g/mol. The molecule has 1 heterocycles. The molecule has 3 rings (SSSR count). The van der Waals surface area contributed by atoms with Crippen LogP contribution in [-0.4, -0.2) is 36.4 Å². The number of nitrogens with one attached hydrogen (secondary N) is 1. The van der Waals surface area contributed by atoms with Crippen molar-refractivity contribution in [3.63, 3.8) is 0 Å². The number of hydrogen-bond acceptors (Lipinski definition) is 3. The second-order valence-corrected chi connectivity index (χ2v) is 6.72. The van der Waals surface area contributed by atoms with Crippen LogP contribution in [0.1, 0.15) is 18.4 Å². The summed E-state index contributed by atoms with van der Waals surface area (Å²) in [7, 11) is 0. The molecule has 0 bridgehead atoms. The van der Waals surface area contributed by atoms with Crippen LogP contribution in [0.5, 0.6) is 5.75 Å². The van der Waals surface area contributed by atoms with Gasteiger partial charge in [0.15, 0.2) is 18.2 Å². The molecule has 28 heavy (non-hydrogen) atoms. The van der Waals surface area contributed by atoms with E-state index in [1.807, 2.05) is 30.3 Å². The normalized spacial score (nSPS) is 14.6. The number of carbonyl (C=O) groups is 2. The largest absolute Gasteiger partial charge is 0.481 e. The van der Waals surface area contributed by atoms with E-state index in [4.69, 9.17) is 4.74 Å². The molecular formula is C21H22F2N2O3. The van der Waals surface area contributed by atoms with E-state index >= 15 is 0 Å². The minimum Gasteiger partial charge on any atom is -0.481 e. The summed E-state index contributed by atoms with van der Waals surface area (Å²) in [5, 5.41) is 2.93. The number of nitrogens with zero attached hydrogens (tertiary/aromatic N) is 1. The maximum atomic E-state index is 13.5. The van der Waals surface area contributed by atoms with Crippen LogP contribution in [0, 0.1) is 17.6 Å². The third-order valence-corrected chi connectivity index (χ3v) is 4.77. The Bertz CT molecular complexity index is 822. The van der Waals surface area contributed by atoms with Crippen LogP contribution in [0.25, 0.3) is 0 Å². The predicted octanol–water partition coefficient (Wildman–Crippen LogP) is 2.90. The molecule has 5 nitrogen and oxygen atoms in total. The molecule has 1 aliphatic rings. The Morgan fingerprint density at radius 3 is 2.46 bits per heavy atom. The number of likely N-dealkylation sites (tertiary alicyclic amines) is 1. The van der Waals surface area contributed by atoms with Gasteiger partial charge in [0.1, 0.15) is 5.82 Å². The summed E-state index contributed by atoms with van der Waals surface area (Å²) in [5.74, 6) is -2.15. The van der Waals surface area contributed by atoms with Gasteiger partial charge in [0.25, 0.3) is 5.91 Å². The maximum absolute atomic E-state index is 13.5. The van der Waals surface area contributed by atoms with Crippen LogP contribution in [0.4, 0.5) is 8.78 Å². The second-order valence-electron chi connectivity index (χ2n) is 6.72. The maximum Gasteiger partial charge on any atom is 0.260 e. The number of carbonyl (C=O) groups excluding carboxylic acids is 2. The van der Waals surface area contributed by atoms with Crippen molar-refractivity contribution in [3.8, 4) is 5.75 Å². The molecule has 1 N–H and O–H groups in total. The Kier molecular flexibility index (Phi) is 6.57. The molecule has 0 aromatic heterocycles. The van der Waals surface area contributed by atoms with Crippen LogP contribution in [0.2, 0.25) is 0 Å². The highest BCUT2D eigenvalue weighted by molar-refractivity contribution is 5.80. The van der Waals surface area contributed by atoms with E-state index in [9.17, 15) is 18.4 Å². The molecule has 0 saturated carbocycles. The third kappa shape index (κ3) is 5.28. The first-order valence-corrected chi connectivity index (χ1v) is 9.20. The van der Waals surface area contributed by atoms with Crippen LogP contribution >= 0.6 is 0 Å². The smallest absolute Gasteiger partial charge is 0.260 e. The van der Waals surface area contributed by atoms with Gasteiger partial charge in [0.2, 0.25) is 5.91 Å². The first-order valence-electron chi connectivity index (χ1n) is 9.20. The minimum atomic E-state index is -0.846. The summed E-state index contributed by atoms with van der Waals surface area (Å²) in [4.78, 5) is 26.2. The quantitative estimate of drug-likeness (QED) is 0.828. The Labute approximate surface area is 162 Å². The second kappa shape index (κ2) is 9.30. The SMILES string of the molecule is O=C(NCc1ccccc1)C1CCN(C(=O)COc2ccc(F)cc2F)CC1. The molecular weight excluding hydrogens is 366 g/mol. The zero-order valence-corrected chi connectivity index (χ0v) is 15.4. The molecule has 2 aromatic rings. The molecule has 0 atom stereocenters. The monoisotopic (exact) mass is 388 g/mol. The lowest BCUT2D eigenvalue weighted by molar-refractivity contribution is -0.137. The number of halogens is 2. The third-order valence-electron chi connectivity index (χ3n) is 4.77. The van der Waals surface area contributed by atoms with Crippen molar-refractivity contribution < 1.29 is 23.1 Å². The van der Waals surface area contributed by atoms with Gasteiger partial charge in [-0.05, 0) is 30.5 Å². The molecule has 0 spiro atoms. The van der Waals surface area contributed by atoms with Gasteiger partial charge in [0.05, 0.1) is 0 Å². The van der Waals surface area contributed by atoms with Crippen molar-refractivity contribution in [1.82, 2.24) is 10.2 Å². The summed E-state index contributed by atoms with van der Waals surface area (Å²) in [6.45, 7) is 1.04. The fraction of sp³-hybridized carbons (Fsp3) is 0.333. The predicted molar refractivity (Wildman–Crippen MR) is 99.4 cm³/mol. The van der Waals surface area contributed by atoms with E-state index in [2.05, 4.69) is 5.32 Å². The number of rotatable bonds is 6. The lowest BCUT2D eigenvalue weighted by Crippen LogP contribution is -2.44. The van der Waals surface area contributed by atoms with Crippen molar-refractivity contribution >= 4 is 11.8 Å². The average Bonchev–Trinajstić information content (AvgIpc) is 2.72. The van der Waals surface area contributed by atoms with Crippen molar-refractivity contribution in [3.05, 3.63) is 65.7 Å². The standard InChI is InChI=1S/C21H22F2N2O3/c22-17-6-7-19(18(23)12-17)28-14-20(26)25-10-8-16(9-11-25)21(27)24-13-15-4-2-1-3-5-15/h1-7,12,16H,8-11,13-14H2,(H,24,27). The minimum absolute atomic E-state index is 0.0133. The molecule has 1 aliphatic heterocycles. The summed E-state index contributed by atoms with van der Waals surface area (Å²) in [5.41, 5.74) is 1.04. The summed E-state index contributed by atoms with van der Waals surface area (Å²) in [6, 6.07) is 12.6. The van der Waals surface area contributed by atoms with Crippen molar-refractivity contribution in [2.24, 2.45) is 5.92 Å². The molecule has 2 aromatic carbocycles. The zero-order valence-electron chi connectivity index (χ0n) is 15.4. The Morgan fingerprint density at radius 1 is 1.07 bits per heavy atom. The van der Waals surface area contributed by atoms with Gasteiger partial charge < -0.3 is 15.0 Å². The van der Waals surface area contributed by atoms with Gasteiger partial charge >= 0.3 is 0 Å². The van der Waals surface area contributed by atoms with Gasteiger partial charge in [-0.15, -0.1) is 0 Å². The van der Waals surface area contributed by atoms with Crippen molar-refractivity contribution in [1.29, 1.82) is 0 Å². The lowest BCUT2D eigenvalue weighted by atomic mass is 9.96.